The second kappa shape index (κ2) is 6.89. The molecule has 2 aromatic carbocycles. The molecule has 0 saturated heterocycles. The Balaban J connectivity index is 1.53. The summed E-state index contributed by atoms with van der Waals surface area (Å²) in [5, 5.41) is 6.68. The summed E-state index contributed by atoms with van der Waals surface area (Å²) in [6.07, 6.45) is 0. The van der Waals surface area contributed by atoms with Gasteiger partial charge in [-0.3, -0.25) is 4.79 Å². The van der Waals surface area contributed by atoms with Crippen molar-refractivity contribution in [2.24, 2.45) is 0 Å². The number of carbonyl (C=O) groups is 1. The largest absolute Gasteiger partial charge is 0.454 e. The van der Waals surface area contributed by atoms with E-state index in [-0.39, 0.29) is 25.3 Å². The maximum absolute atomic E-state index is 12.0. The number of anilines is 1. The van der Waals surface area contributed by atoms with Gasteiger partial charge in [0.1, 0.15) is 0 Å². The van der Waals surface area contributed by atoms with Crippen LogP contribution in [0.1, 0.15) is 18.5 Å². The molecule has 1 aliphatic rings. The number of ether oxygens (including phenoxy) is 2. The smallest absolute Gasteiger partial charge is 0.238 e. The highest BCUT2D eigenvalue weighted by Gasteiger charge is 2.14. The molecule has 5 nitrogen and oxygen atoms in total. The number of hydrogen-bond donors (Lipinski definition) is 2. The van der Waals surface area contributed by atoms with Gasteiger partial charge in [0.05, 0.1) is 6.54 Å². The molecule has 0 bridgehead atoms. The second-order valence-electron chi connectivity index (χ2n) is 5.27. The molecular formula is C17H17ClN2O3. The Hall–Kier alpha value is -2.24. The van der Waals surface area contributed by atoms with Crippen LogP contribution in [0.4, 0.5) is 5.69 Å². The normalized spacial score (nSPS) is 13.7. The van der Waals surface area contributed by atoms with Crippen molar-refractivity contribution < 1.29 is 14.3 Å². The minimum Gasteiger partial charge on any atom is -0.454 e. The van der Waals surface area contributed by atoms with Crippen molar-refractivity contribution in [3.8, 4) is 11.5 Å². The number of hydrogen-bond acceptors (Lipinski definition) is 4. The van der Waals surface area contributed by atoms with E-state index in [1.54, 1.807) is 18.2 Å². The highest BCUT2D eigenvalue weighted by molar-refractivity contribution is 6.30. The number of benzene rings is 2. The molecule has 1 heterocycles. The molecule has 1 atom stereocenters. The van der Waals surface area contributed by atoms with E-state index in [0.717, 1.165) is 5.56 Å². The van der Waals surface area contributed by atoms with Gasteiger partial charge in [0.25, 0.3) is 0 Å². The lowest BCUT2D eigenvalue weighted by Crippen LogP contribution is -2.30. The van der Waals surface area contributed by atoms with E-state index in [0.29, 0.717) is 22.2 Å². The molecule has 0 aromatic heterocycles. The van der Waals surface area contributed by atoms with E-state index in [2.05, 4.69) is 10.6 Å². The van der Waals surface area contributed by atoms with Crippen molar-refractivity contribution in [3.63, 3.8) is 0 Å². The van der Waals surface area contributed by atoms with Crippen LogP contribution in [0, 0.1) is 0 Å². The van der Waals surface area contributed by atoms with Crippen LogP contribution in [-0.2, 0) is 4.79 Å². The lowest BCUT2D eigenvalue weighted by Gasteiger charge is -2.14. The van der Waals surface area contributed by atoms with Crippen molar-refractivity contribution in [1.82, 2.24) is 5.32 Å². The van der Waals surface area contributed by atoms with Gasteiger partial charge in [-0.25, -0.2) is 0 Å². The Morgan fingerprint density at radius 2 is 2.04 bits per heavy atom. The number of halogens is 1. The first-order valence-electron chi connectivity index (χ1n) is 7.30. The lowest BCUT2D eigenvalue weighted by atomic mass is 10.1. The molecule has 2 aromatic rings. The first kappa shape index (κ1) is 15.6. The summed E-state index contributed by atoms with van der Waals surface area (Å²) in [5.41, 5.74) is 1.71. The maximum atomic E-state index is 12.0. The number of nitrogens with one attached hydrogen (secondary N) is 2. The van der Waals surface area contributed by atoms with Gasteiger partial charge >= 0.3 is 0 Å². The average molecular weight is 333 g/mol. The predicted octanol–water partition coefficient (Wildman–Crippen LogP) is 3.36. The molecule has 3 rings (SSSR count). The molecule has 0 aliphatic carbocycles. The van der Waals surface area contributed by atoms with Crippen molar-refractivity contribution in [2.45, 2.75) is 13.0 Å². The summed E-state index contributed by atoms with van der Waals surface area (Å²) in [6.45, 7) is 2.40. The molecule has 0 spiro atoms. The van der Waals surface area contributed by atoms with Crippen LogP contribution < -0.4 is 20.1 Å². The summed E-state index contributed by atoms with van der Waals surface area (Å²) in [4.78, 5) is 12.0. The van der Waals surface area contributed by atoms with Gasteiger partial charge in [0.2, 0.25) is 12.7 Å². The van der Waals surface area contributed by atoms with Crippen molar-refractivity contribution >= 4 is 23.2 Å². The molecule has 120 valence electrons. The van der Waals surface area contributed by atoms with E-state index in [1.807, 2.05) is 31.2 Å². The monoisotopic (exact) mass is 332 g/mol. The van der Waals surface area contributed by atoms with E-state index in [9.17, 15) is 4.79 Å². The average Bonchev–Trinajstić information content (AvgIpc) is 3.00. The summed E-state index contributed by atoms with van der Waals surface area (Å²) < 4.78 is 10.5. The van der Waals surface area contributed by atoms with E-state index in [4.69, 9.17) is 21.1 Å². The van der Waals surface area contributed by atoms with Gasteiger partial charge in [-0.15, -0.1) is 0 Å². The van der Waals surface area contributed by atoms with Gasteiger partial charge < -0.3 is 20.1 Å². The van der Waals surface area contributed by atoms with Gasteiger partial charge in [0.15, 0.2) is 11.5 Å². The molecule has 0 unspecified atom stereocenters. The van der Waals surface area contributed by atoms with E-state index < -0.39 is 0 Å². The molecule has 1 amide bonds. The Kier molecular flexibility index (Phi) is 4.69. The van der Waals surface area contributed by atoms with E-state index >= 15 is 0 Å². The van der Waals surface area contributed by atoms with Crippen LogP contribution in [0.15, 0.2) is 42.5 Å². The Morgan fingerprint density at radius 1 is 1.22 bits per heavy atom. The quantitative estimate of drug-likeness (QED) is 0.881. The Labute approximate surface area is 139 Å². The summed E-state index contributed by atoms with van der Waals surface area (Å²) >= 11 is 5.98. The lowest BCUT2D eigenvalue weighted by molar-refractivity contribution is -0.115. The first-order valence-corrected chi connectivity index (χ1v) is 7.68. The van der Waals surface area contributed by atoms with Crippen molar-refractivity contribution in [2.75, 3.05) is 18.7 Å². The molecule has 6 heteroatoms. The highest BCUT2D eigenvalue weighted by atomic mass is 35.5. The Bertz CT molecular complexity index is 721. The third kappa shape index (κ3) is 3.94. The minimum atomic E-state index is -0.127. The fraction of sp³-hybridized carbons (Fsp3) is 0.235. The number of carbonyl (C=O) groups excluding carboxylic acids is 1. The van der Waals surface area contributed by atoms with Crippen LogP contribution in [0.3, 0.4) is 0 Å². The SMILES string of the molecule is C[C@H](NCC(=O)Nc1ccc2c(c1)OCO2)c1cccc(Cl)c1. The molecular weight excluding hydrogens is 316 g/mol. The third-order valence-electron chi connectivity index (χ3n) is 3.57. The zero-order chi connectivity index (χ0) is 16.2. The van der Waals surface area contributed by atoms with Crippen LogP contribution >= 0.6 is 11.6 Å². The summed E-state index contributed by atoms with van der Waals surface area (Å²) in [6, 6.07) is 12.9. The van der Waals surface area contributed by atoms with Gasteiger partial charge in [-0.05, 0) is 36.8 Å². The van der Waals surface area contributed by atoms with Gasteiger partial charge in [-0.2, -0.15) is 0 Å². The zero-order valence-corrected chi connectivity index (χ0v) is 13.4. The van der Waals surface area contributed by atoms with Crippen LogP contribution in [-0.4, -0.2) is 19.2 Å². The van der Waals surface area contributed by atoms with E-state index in [1.165, 1.54) is 0 Å². The fourth-order valence-electron chi connectivity index (χ4n) is 2.32. The first-order chi connectivity index (χ1) is 11.1. The van der Waals surface area contributed by atoms with Gasteiger partial charge in [-0.1, -0.05) is 23.7 Å². The summed E-state index contributed by atoms with van der Waals surface area (Å²) in [7, 11) is 0. The number of amides is 1. The molecule has 1 aliphatic heterocycles. The fourth-order valence-corrected chi connectivity index (χ4v) is 2.52. The predicted molar refractivity (Wildman–Crippen MR) is 89.1 cm³/mol. The van der Waals surface area contributed by atoms with Crippen molar-refractivity contribution in [3.05, 3.63) is 53.1 Å². The number of rotatable bonds is 5. The van der Waals surface area contributed by atoms with Crippen LogP contribution in [0.2, 0.25) is 5.02 Å². The number of fused-ring (bicyclic) bond motifs is 1. The molecule has 2 N–H and O–H groups in total. The molecule has 23 heavy (non-hydrogen) atoms. The van der Waals surface area contributed by atoms with Crippen LogP contribution in [0.5, 0.6) is 11.5 Å². The molecule has 0 saturated carbocycles. The third-order valence-corrected chi connectivity index (χ3v) is 3.81. The topological polar surface area (TPSA) is 59.6 Å². The van der Waals surface area contributed by atoms with Crippen molar-refractivity contribution in [1.29, 1.82) is 0 Å². The van der Waals surface area contributed by atoms with Gasteiger partial charge in [0, 0.05) is 22.8 Å². The molecule has 0 radical (unpaired) electrons. The minimum absolute atomic E-state index is 0.0243. The van der Waals surface area contributed by atoms with Crippen LogP contribution in [0.25, 0.3) is 0 Å². The zero-order valence-electron chi connectivity index (χ0n) is 12.6. The maximum Gasteiger partial charge on any atom is 0.238 e. The molecule has 0 fully saturated rings. The standard InChI is InChI=1S/C17H17ClN2O3/c1-11(12-3-2-4-13(18)7-12)19-9-17(21)20-14-5-6-15-16(8-14)23-10-22-15/h2-8,11,19H,9-10H2,1H3,(H,20,21)/t11-/m0/s1. The highest BCUT2D eigenvalue weighted by Crippen LogP contribution is 2.34. The second-order valence-corrected chi connectivity index (χ2v) is 5.71. The summed E-state index contributed by atoms with van der Waals surface area (Å²) in [5.74, 6) is 1.21. The Morgan fingerprint density at radius 3 is 2.87 bits per heavy atom.